The maximum Gasteiger partial charge on any atom is 0.227 e. The van der Waals surface area contributed by atoms with Gasteiger partial charge < -0.3 is 10.6 Å². The third-order valence-electron chi connectivity index (χ3n) is 3.60. The zero-order chi connectivity index (χ0) is 13.0. The molecular formula is C15H23ClN2O. The summed E-state index contributed by atoms with van der Waals surface area (Å²) in [5.41, 5.74) is 8.31. The van der Waals surface area contributed by atoms with Crippen molar-refractivity contribution in [1.82, 2.24) is 4.90 Å². The Kier molecular flexibility index (Phi) is 6.32. The van der Waals surface area contributed by atoms with Gasteiger partial charge in [-0.25, -0.2) is 0 Å². The molecule has 1 atom stereocenters. The van der Waals surface area contributed by atoms with E-state index in [1.807, 2.05) is 4.90 Å². The lowest BCUT2D eigenvalue weighted by Gasteiger charge is -2.30. The van der Waals surface area contributed by atoms with Crippen molar-refractivity contribution in [1.29, 1.82) is 0 Å². The van der Waals surface area contributed by atoms with E-state index < -0.39 is 0 Å². The molecule has 1 unspecified atom stereocenters. The minimum atomic E-state index is 0. The molecule has 0 saturated carbocycles. The Bertz CT molecular complexity index is 405. The Labute approximate surface area is 121 Å². The van der Waals surface area contributed by atoms with E-state index >= 15 is 0 Å². The second kappa shape index (κ2) is 7.51. The largest absolute Gasteiger partial charge is 0.341 e. The minimum Gasteiger partial charge on any atom is -0.341 e. The standard InChI is InChI=1S/C15H22N2O.ClH/c1-2-12-5-7-13(8-6-12)10-15(18)17-9-3-4-14(16)11-17;/h5-8,14H,2-4,9-11,16H2,1H3;1H. The van der Waals surface area contributed by atoms with Gasteiger partial charge in [0.1, 0.15) is 0 Å². The van der Waals surface area contributed by atoms with Gasteiger partial charge in [0.15, 0.2) is 0 Å². The summed E-state index contributed by atoms with van der Waals surface area (Å²) in [6.45, 7) is 3.71. The summed E-state index contributed by atoms with van der Waals surface area (Å²) in [4.78, 5) is 14.0. The van der Waals surface area contributed by atoms with Crippen LogP contribution in [0.15, 0.2) is 24.3 Å². The van der Waals surface area contributed by atoms with Crippen molar-refractivity contribution in [3.63, 3.8) is 0 Å². The Morgan fingerprint density at radius 2 is 1.95 bits per heavy atom. The molecule has 0 aromatic heterocycles. The van der Waals surface area contributed by atoms with Gasteiger partial charge in [-0.3, -0.25) is 4.79 Å². The van der Waals surface area contributed by atoms with E-state index in [9.17, 15) is 4.79 Å². The van der Waals surface area contributed by atoms with Gasteiger partial charge in [-0.15, -0.1) is 12.4 Å². The number of amides is 1. The summed E-state index contributed by atoms with van der Waals surface area (Å²) in [6, 6.07) is 8.47. The number of halogens is 1. The fourth-order valence-corrected chi connectivity index (χ4v) is 2.42. The molecule has 106 valence electrons. The first-order chi connectivity index (χ1) is 8.69. The molecule has 2 N–H and O–H groups in total. The van der Waals surface area contributed by atoms with Gasteiger partial charge in [0.25, 0.3) is 0 Å². The van der Waals surface area contributed by atoms with Crippen LogP contribution >= 0.6 is 12.4 Å². The Hall–Kier alpha value is -1.06. The highest BCUT2D eigenvalue weighted by molar-refractivity contribution is 5.85. The fraction of sp³-hybridized carbons (Fsp3) is 0.533. The summed E-state index contributed by atoms with van der Waals surface area (Å²) in [5, 5.41) is 0. The maximum absolute atomic E-state index is 12.1. The smallest absolute Gasteiger partial charge is 0.227 e. The van der Waals surface area contributed by atoms with Crippen LogP contribution in [0.4, 0.5) is 0 Å². The van der Waals surface area contributed by atoms with Gasteiger partial charge in [-0.05, 0) is 30.4 Å². The van der Waals surface area contributed by atoms with E-state index in [0.717, 1.165) is 31.4 Å². The van der Waals surface area contributed by atoms with E-state index in [4.69, 9.17) is 5.73 Å². The van der Waals surface area contributed by atoms with Crippen LogP contribution in [0.25, 0.3) is 0 Å². The van der Waals surface area contributed by atoms with Gasteiger partial charge in [-0.1, -0.05) is 31.2 Å². The third-order valence-corrected chi connectivity index (χ3v) is 3.60. The fourth-order valence-electron chi connectivity index (χ4n) is 2.42. The van der Waals surface area contributed by atoms with E-state index in [1.54, 1.807) is 0 Å². The number of aryl methyl sites for hydroxylation is 1. The zero-order valence-electron chi connectivity index (χ0n) is 11.5. The first-order valence-corrected chi connectivity index (χ1v) is 6.80. The topological polar surface area (TPSA) is 46.3 Å². The average molecular weight is 283 g/mol. The summed E-state index contributed by atoms with van der Waals surface area (Å²) in [6.07, 6.45) is 3.60. The number of likely N-dealkylation sites (tertiary alicyclic amines) is 1. The number of nitrogens with zero attached hydrogens (tertiary/aromatic N) is 1. The highest BCUT2D eigenvalue weighted by Crippen LogP contribution is 2.12. The summed E-state index contributed by atoms with van der Waals surface area (Å²) in [5.74, 6) is 0.203. The normalized spacial score (nSPS) is 18.8. The maximum atomic E-state index is 12.1. The number of hydrogen-bond acceptors (Lipinski definition) is 2. The summed E-state index contributed by atoms with van der Waals surface area (Å²) in [7, 11) is 0. The molecule has 1 amide bonds. The number of benzene rings is 1. The van der Waals surface area contributed by atoms with Crippen molar-refractivity contribution in [3.05, 3.63) is 35.4 Å². The molecule has 1 fully saturated rings. The highest BCUT2D eigenvalue weighted by Gasteiger charge is 2.20. The van der Waals surface area contributed by atoms with Crippen LogP contribution < -0.4 is 5.73 Å². The number of carbonyl (C=O) groups is 1. The van der Waals surface area contributed by atoms with Crippen molar-refractivity contribution < 1.29 is 4.79 Å². The number of rotatable bonds is 3. The SMILES string of the molecule is CCc1ccc(CC(=O)N2CCCC(N)C2)cc1.Cl. The van der Waals surface area contributed by atoms with Crippen LogP contribution in [-0.4, -0.2) is 29.9 Å². The number of carbonyl (C=O) groups excluding carboxylic acids is 1. The van der Waals surface area contributed by atoms with Gasteiger partial charge >= 0.3 is 0 Å². The lowest BCUT2D eigenvalue weighted by Crippen LogP contribution is -2.46. The molecule has 0 aliphatic carbocycles. The molecule has 2 rings (SSSR count). The van der Waals surface area contributed by atoms with Crippen LogP contribution in [0.2, 0.25) is 0 Å². The van der Waals surface area contributed by atoms with Crippen molar-refractivity contribution >= 4 is 18.3 Å². The van der Waals surface area contributed by atoms with Crippen LogP contribution in [0.3, 0.4) is 0 Å². The molecule has 1 heterocycles. The summed E-state index contributed by atoms with van der Waals surface area (Å²) >= 11 is 0. The van der Waals surface area contributed by atoms with E-state index in [2.05, 4.69) is 31.2 Å². The monoisotopic (exact) mass is 282 g/mol. The Balaban J connectivity index is 0.00000180. The van der Waals surface area contributed by atoms with Crippen molar-refractivity contribution in [3.8, 4) is 0 Å². The number of hydrogen-bond donors (Lipinski definition) is 1. The molecule has 3 nitrogen and oxygen atoms in total. The van der Waals surface area contributed by atoms with E-state index in [1.165, 1.54) is 5.56 Å². The van der Waals surface area contributed by atoms with E-state index in [0.29, 0.717) is 13.0 Å². The van der Waals surface area contributed by atoms with Crippen LogP contribution in [-0.2, 0) is 17.6 Å². The predicted molar refractivity (Wildman–Crippen MR) is 80.6 cm³/mol. The van der Waals surface area contributed by atoms with Gasteiger partial charge in [0, 0.05) is 19.1 Å². The van der Waals surface area contributed by atoms with E-state index in [-0.39, 0.29) is 24.4 Å². The molecule has 1 aromatic rings. The second-order valence-electron chi connectivity index (χ2n) is 5.09. The molecule has 1 aromatic carbocycles. The average Bonchev–Trinajstić information content (AvgIpc) is 2.39. The lowest BCUT2D eigenvalue weighted by atomic mass is 10.0. The van der Waals surface area contributed by atoms with Crippen molar-refractivity contribution in [2.75, 3.05) is 13.1 Å². The molecule has 19 heavy (non-hydrogen) atoms. The molecule has 0 spiro atoms. The molecule has 1 aliphatic rings. The number of nitrogens with two attached hydrogens (primary N) is 1. The molecule has 4 heteroatoms. The first-order valence-electron chi connectivity index (χ1n) is 6.80. The Morgan fingerprint density at radius 1 is 1.32 bits per heavy atom. The number of piperidine rings is 1. The first kappa shape index (κ1) is 16.0. The molecule has 0 radical (unpaired) electrons. The predicted octanol–water partition coefficient (Wildman–Crippen LogP) is 2.16. The van der Waals surface area contributed by atoms with Gasteiger partial charge in [0.05, 0.1) is 6.42 Å². The van der Waals surface area contributed by atoms with Crippen molar-refractivity contribution in [2.24, 2.45) is 5.73 Å². The van der Waals surface area contributed by atoms with Gasteiger partial charge in [0.2, 0.25) is 5.91 Å². The van der Waals surface area contributed by atoms with Crippen molar-refractivity contribution in [2.45, 2.75) is 38.6 Å². The van der Waals surface area contributed by atoms with Gasteiger partial charge in [-0.2, -0.15) is 0 Å². The molecular weight excluding hydrogens is 260 g/mol. The van der Waals surface area contributed by atoms with Crippen LogP contribution in [0.5, 0.6) is 0 Å². The quantitative estimate of drug-likeness (QED) is 0.923. The second-order valence-corrected chi connectivity index (χ2v) is 5.09. The summed E-state index contributed by atoms with van der Waals surface area (Å²) < 4.78 is 0. The van der Waals surface area contributed by atoms with Crippen LogP contribution in [0.1, 0.15) is 30.9 Å². The molecule has 1 saturated heterocycles. The zero-order valence-corrected chi connectivity index (χ0v) is 12.3. The van der Waals surface area contributed by atoms with Crippen LogP contribution in [0, 0.1) is 0 Å². The highest BCUT2D eigenvalue weighted by atomic mass is 35.5. The molecule has 0 bridgehead atoms. The Morgan fingerprint density at radius 3 is 2.53 bits per heavy atom. The molecule has 1 aliphatic heterocycles. The minimum absolute atomic E-state index is 0. The third kappa shape index (κ3) is 4.51. The lowest BCUT2D eigenvalue weighted by molar-refractivity contribution is -0.131.